The maximum atomic E-state index is 12.8. The lowest BCUT2D eigenvalue weighted by Gasteiger charge is -2.26. The van der Waals surface area contributed by atoms with Crippen LogP contribution in [0.15, 0.2) is 53.4 Å². The van der Waals surface area contributed by atoms with Gasteiger partial charge in [-0.15, -0.1) is 0 Å². The molecule has 0 radical (unpaired) electrons. The van der Waals surface area contributed by atoms with Gasteiger partial charge in [-0.25, -0.2) is 8.42 Å². The summed E-state index contributed by atoms with van der Waals surface area (Å²) >= 11 is 0. The van der Waals surface area contributed by atoms with Crippen LogP contribution >= 0.6 is 0 Å². The van der Waals surface area contributed by atoms with Crippen molar-refractivity contribution in [3.8, 4) is 5.75 Å². The smallest absolute Gasteiger partial charge is 0.251 e. The summed E-state index contributed by atoms with van der Waals surface area (Å²) in [4.78, 5) is 12.6. The lowest BCUT2D eigenvalue weighted by molar-refractivity contribution is 0.0730. The Morgan fingerprint density at radius 2 is 1.90 bits per heavy atom. The Bertz CT molecular complexity index is 956. The number of aryl methyl sites for hydroxylation is 1. The minimum Gasteiger partial charge on any atom is -0.494 e. The minimum atomic E-state index is -3.63. The van der Waals surface area contributed by atoms with E-state index in [9.17, 15) is 13.2 Å². The molecular weight excluding hydrogens is 404 g/mol. The summed E-state index contributed by atoms with van der Waals surface area (Å²) in [6.45, 7) is 4.45. The van der Waals surface area contributed by atoms with Crippen LogP contribution in [0.25, 0.3) is 0 Å². The van der Waals surface area contributed by atoms with Crippen LogP contribution in [0.5, 0.6) is 5.75 Å². The third-order valence-corrected chi connectivity index (χ3v) is 6.78. The normalized spacial score (nSPS) is 15.0. The van der Waals surface area contributed by atoms with Gasteiger partial charge in [-0.1, -0.05) is 24.3 Å². The number of carbonyl (C=O) groups is 1. The van der Waals surface area contributed by atoms with E-state index in [2.05, 4.69) is 5.32 Å². The van der Waals surface area contributed by atoms with Crippen LogP contribution in [0.1, 0.15) is 29.3 Å². The Hall–Kier alpha value is -2.42. The Morgan fingerprint density at radius 1 is 1.13 bits per heavy atom. The lowest BCUT2D eigenvalue weighted by atomic mass is 10.1. The number of nitrogens with zero attached hydrogens (tertiary/aromatic N) is 1. The van der Waals surface area contributed by atoms with Crippen molar-refractivity contribution in [3.05, 3.63) is 59.7 Å². The lowest BCUT2D eigenvalue weighted by Crippen LogP contribution is -2.40. The van der Waals surface area contributed by atoms with Crippen molar-refractivity contribution in [2.24, 2.45) is 0 Å². The van der Waals surface area contributed by atoms with Crippen molar-refractivity contribution in [1.29, 1.82) is 0 Å². The molecule has 0 atom stereocenters. The number of benzene rings is 2. The number of nitrogens with one attached hydrogen (secondary N) is 1. The first-order valence-corrected chi connectivity index (χ1v) is 11.6. The first-order valence-electron chi connectivity index (χ1n) is 10.2. The highest BCUT2D eigenvalue weighted by Gasteiger charge is 2.26. The van der Waals surface area contributed by atoms with E-state index in [1.165, 1.54) is 16.4 Å². The summed E-state index contributed by atoms with van der Waals surface area (Å²) in [7, 11) is -3.63. The van der Waals surface area contributed by atoms with Gasteiger partial charge in [0.15, 0.2) is 0 Å². The predicted molar refractivity (Wildman–Crippen MR) is 114 cm³/mol. The fourth-order valence-electron chi connectivity index (χ4n) is 3.32. The molecule has 3 rings (SSSR count). The Kier molecular flexibility index (Phi) is 7.84. The highest BCUT2D eigenvalue weighted by Crippen LogP contribution is 2.20. The molecular formula is C22H28N2O5S. The molecule has 0 bridgehead atoms. The summed E-state index contributed by atoms with van der Waals surface area (Å²) in [6, 6.07) is 14.0. The topological polar surface area (TPSA) is 84.9 Å². The van der Waals surface area contributed by atoms with Gasteiger partial charge in [0.1, 0.15) is 5.75 Å². The van der Waals surface area contributed by atoms with Crippen molar-refractivity contribution < 1.29 is 22.7 Å². The van der Waals surface area contributed by atoms with Crippen LogP contribution in [-0.4, -0.2) is 58.1 Å². The molecule has 8 heteroatoms. The average molecular weight is 433 g/mol. The summed E-state index contributed by atoms with van der Waals surface area (Å²) in [5.41, 5.74) is 1.44. The molecule has 0 spiro atoms. The molecule has 2 aromatic carbocycles. The molecule has 1 heterocycles. The molecule has 162 valence electrons. The van der Waals surface area contributed by atoms with Gasteiger partial charge >= 0.3 is 0 Å². The summed E-state index contributed by atoms with van der Waals surface area (Å²) in [5.74, 6) is 0.583. The number of hydrogen-bond donors (Lipinski definition) is 1. The van der Waals surface area contributed by atoms with E-state index in [0.717, 1.165) is 24.2 Å². The summed E-state index contributed by atoms with van der Waals surface area (Å²) in [6.07, 6.45) is 1.53. The maximum Gasteiger partial charge on any atom is 0.251 e. The average Bonchev–Trinajstić information content (AvgIpc) is 2.78. The Morgan fingerprint density at radius 3 is 2.67 bits per heavy atom. The first kappa shape index (κ1) is 22.3. The van der Waals surface area contributed by atoms with Crippen molar-refractivity contribution in [2.75, 3.05) is 39.5 Å². The van der Waals surface area contributed by atoms with Crippen LogP contribution in [0, 0.1) is 0 Å². The van der Waals surface area contributed by atoms with Crippen LogP contribution in [-0.2, 0) is 21.2 Å². The van der Waals surface area contributed by atoms with Gasteiger partial charge in [0.2, 0.25) is 10.0 Å². The number of para-hydroxylation sites is 1. The maximum absolute atomic E-state index is 12.8. The highest BCUT2D eigenvalue weighted by atomic mass is 32.2. The second-order valence-electron chi connectivity index (χ2n) is 6.94. The van der Waals surface area contributed by atoms with Gasteiger partial charge in [0.05, 0.1) is 24.7 Å². The molecule has 2 aromatic rings. The second kappa shape index (κ2) is 10.6. The van der Waals surface area contributed by atoms with E-state index in [4.69, 9.17) is 9.47 Å². The molecule has 1 N–H and O–H groups in total. The summed E-state index contributed by atoms with van der Waals surface area (Å²) in [5, 5.41) is 2.87. The molecule has 7 nitrogen and oxygen atoms in total. The standard InChI is InChI=1S/C22H28N2O5S/c1-2-29-21-11-4-3-7-18(21)9-6-12-23-22(25)19-8-5-10-20(17-19)30(26,27)24-13-15-28-16-14-24/h3-5,7-8,10-11,17H,2,6,9,12-16H2,1H3,(H,23,25). The molecule has 1 fully saturated rings. The van der Waals surface area contributed by atoms with Crippen LogP contribution in [0.2, 0.25) is 0 Å². The SMILES string of the molecule is CCOc1ccccc1CCCNC(=O)c1cccc(S(=O)(=O)N2CCOCC2)c1. The van der Waals surface area contributed by atoms with E-state index >= 15 is 0 Å². The number of carbonyl (C=O) groups excluding carboxylic acids is 1. The number of amides is 1. The Balaban J connectivity index is 1.57. The molecule has 30 heavy (non-hydrogen) atoms. The minimum absolute atomic E-state index is 0.127. The second-order valence-corrected chi connectivity index (χ2v) is 8.88. The summed E-state index contributed by atoms with van der Waals surface area (Å²) < 4.78 is 37.8. The molecule has 1 amide bonds. The molecule has 0 aliphatic carbocycles. The highest BCUT2D eigenvalue weighted by molar-refractivity contribution is 7.89. The molecule has 1 aliphatic rings. The molecule has 1 aliphatic heterocycles. The van der Waals surface area contributed by atoms with Gasteiger partial charge in [-0.3, -0.25) is 4.79 Å². The zero-order valence-corrected chi connectivity index (χ0v) is 18.0. The van der Waals surface area contributed by atoms with Gasteiger partial charge in [0.25, 0.3) is 5.91 Å². The zero-order chi connectivity index (χ0) is 21.4. The monoisotopic (exact) mass is 432 g/mol. The van der Waals surface area contributed by atoms with Gasteiger partial charge in [-0.2, -0.15) is 4.31 Å². The third-order valence-electron chi connectivity index (χ3n) is 4.88. The van der Waals surface area contributed by atoms with E-state index in [1.807, 2.05) is 31.2 Å². The molecule has 0 unspecified atom stereocenters. The van der Waals surface area contributed by atoms with Crippen LogP contribution in [0.4, 0.5) is 0 Å². The fourth-order valence-corrected chi connectivity index (χ4v) is 4.78. The van der Waals surface area contributed by atoms with E-state index in [0.29, 0.717) is 45.0 Å². The quantitative estimate of drug-likeness (QED) is 0.616. The van der Waals surface area contributed by atoms with Gasteiger partial charge in [0, 0.05) is 25.2 Å². The number of sulfonamides is 1. The largest absolute Gasteiger partial charge is 0.494 e. The zero-order valence-electron chi connectivity index (χ0n) is 17.2. The van der Waals surface area contributed by atoms with Crippen LogP contribution < -0.4 is 10.1 Å². The van der Waals surface area contributed by atoms with E-state index in [1.54, 1.807) is 12.1 Å². The number of ether oxygens (including phenoxy) is 2. The van der Waals surface area contributed by atoms with Gasteiger partial charge < -0.3 is 14.8 Å². The number of hydrogen-bond acceptors (Lipinski definition) is 5. The molecule has 0 aromatic heterocycles. The number of morpholine rings is 1. The molecule has 0 saturated carbocycles. The fraction of sp³-hybridized carbons (Fsp3) is 0.409. The molecule has 1 saturated heterocycles. The van der Waals surface area contributed by atoms with E-state index < -0.39 is 10.0 Å². The Labute approximate surface area is 178 Å². The first-order chi connectivity index (χ1) is 14.5. The van der Waals surface area contributed by atoms with Crippen LogP contribution in [0.3, 0.4) is 0 Å². The van der Waals surface area contributed by atoms with E-state index in [-0.39, 0.29) is 10.8 Å². The third kappa shape index (κ3) is 5.59. The van der Waals surface area contributed by atoms with Crippen molar-refractivity contribution in [3.63, 3.8) is 0 Å². The number of rotatable bonds is 9. The predicted octanol–water partition coefficient (Wildman–Crippen LogP) is 2.47. The van der Waals surface area contributed by atoms with Crippen molar-refractivity contribution >= 4 is 15.9 Å². The van der Waals surface area contributed by atoms with Gasteiger partial charge in [-0.05, 0) is 49.6 Å². The van der Waals surface area contributed by atoms with Crippen molar-refractivity contribution in [1.82, 2.24) is 9.62 Å². The van der Waals surface area contributed by atoms with Crippen molar-refractivity contribution in [2.45, 2.75) is 24.7 Å².